The molecule has 2 heteroatoms. The Balaban J connectivity index is 1.96. The van der Waals surface area contributed by atoms with Crippen molar-refractivity contribution in [2.24, 2.45) is 0 Å². The van der Waals surface area contributed by atoms with Crippen LogP contribution in [-0.4, -0.2) is 16.7 Å². The number of ketones is 1. The van der Waals surface area contributed by atoms with Crippen molar-refractivity contribution < 1.29 is 4.79 Å². The summed E-state index contributed by atoms with van der Waals surface area (Å²) in [7, 11) is 0. The molecule has 0 saturated carbocycles. The fraction of sp³-hybridized carbons (Fsp3) is 0.136. The Morgan fingerprint density at radius 2 is 1.58 bits per heavy atom. The lowest BCUT2D eigenvalue weighted by molar-refractivity contribution is 0.104. The van der Waals surface area contributed by atoms with Crippen LogP contribution in [0.4, 0.5) is 0 Å². The molecule has 2 aromatic rings. The summed E-state index contributed by atoms with van der Waals surface area (Å²) in [5, 5.41) is 0. The van der Waals surface area contributed by atoms with Crippen molar-refractivity contribution in [3.63, 3.8) is 0 Å². The largest absolute Gasteiger partial charge is 0.345 e. The molecule has 3 rings (SSSR count). The van der Waals surface area contributed by atoms with Gasteiger partial charge in [0, 0.05) is 23.5 Å². The molecule has 0 saturated heterocycles. The van der Waals surface area contributed by atoms with Gasteiger partial charge in [0.25, 0.3) is 0 Å². The van der Waals surface area contributed by atoms with Gasteiger partial charge < -0.3 is 4.90 Å². The molecule has 0 amide bonds. The van der Waals surface area contributed by atoms with Crippen LogP contribution in [0.3, 0.4) is 0 Å². The van der Waals surface area contributed by atoms with E-state index in [9.17, 15) is 4.79 Å². The lowest BCUT2D eigenvalue weighted by Gasteiger charge is -2.30. The number of nitrogens with zero attached hydrogens (tertiary/aromatic N) is 1. The lowest BCUT2D eigenvalue weighted by atomic mass is 10.0. The quantitative estimate of drug-likeness (QED) is 0.579. The van der Waals surface area contributed by atoms with Gasteiger partial charge in [0.15, 0.2) is 5.78 Å². The second kappa shape index (κ2) is 7.14. The number of benzene rings is 2. The third-order valence-electron chi connectivity index (χ3n) is 3.99. The van der Waals surface area contributed by atoms with Crippen molar-refractivity contribution in [3.05, 3.63) is 102 Å². The molecular formula is C22H21NO. The summed E-state index contributed by atoms with van der Waals surface area (Å²) in [5.74, 6) is 0.0249. The van der Waals surface area contributed by atoms with E-state index in [0.29, 0.717) is 11.6 Å². The van der Waals surface area contributed by atoms with Gasteiger partial charge >= 0.3 is 0 Å². The highest BCUT2D eigenvalue weighted by atomic mass is 16.1. The van der Waals surface area contributed by atoms with Crippen molar-refractivity contribution in [1.29, 1.82) is 0 Å². The smallest absolute Gasteiger partial charge is 0.186 e. The van der Waals surface area contributed by atoms with Gasteiger partial charge in [0.2, 0.25) is 0 Å². The van der Waals surface area contributed by atoms with Crippen LogP contribution in [0.5, 0.6) is 0 Å². The molecule has 0 fully saturated rings. The van der Waals surface area contributed by atoms with Gasteiger partial charge in [-0.2, -0.15) is 0 Å². The molecule has 1 heterocycles. The topological polar surface area (TPSA) is 20.3 Å². The fourth-order valence-corrected chi connectivity index (χ4v) is 2.75. The fourth-order valence-electron chi connectivity index (χ4n) is 2.75. The van der Waals surface area contributed by atoms with E-state index in [1.54, 1.807) is 6.08 Å². The summed E-state index contributed by atoms with van der Waals surface area (Å²) in [6.07, 6.45) is 7.83. The normalized spacial score (nSPS) is 15.7. The Kier molecular flexibility index (Phi) is 4.76. The molecule has 1 aliphatic rings. The summed E-state index contributed by atoms with van der Waals surface area (Å²) in [5.41, 5.74) is 3.88. The zero-order chi connectivity index (χ0) is 16.9. The van der Waals surface area contributed by atoms with Crippen molar-refractivity contribution in [2.45, 2.75) is 19.9 Å². The first-order valence-corrected chi connectivity index (χ1v) is 8.20. The van der Waals surface area contributed by atoms with Crippen LogP contribution in [0.25, 0.3) is 5.70 Å². The Morgan fingerprint density at radius 1 is 0.958 bits per heavy atom. The van der Waals surface area contributed by atoms with Gasteiger partial charge in [-0.25, -0.2) is 0 Å². The van der Waals surface area contributed by atoms with Gasteiger partial charge in [-0.05, 0) is 43.2 Å². The van der Waals surface area contributed by atoms with Crippen molar-refractivity contribution in [2.75, 3.05) is 0 Å². The van der Waals surface area contributed by atoms with E-state index in [1.807, 2.05) is 54.6 Å². The zero-order valence-electron chi connectivity index (χ0n) is 14.0. The van der Waals surface area contributed by atoms with Crippen molar-refractivity contribution >= 4 is 11.5 Å². The first-order chi connectivity index (χ1) is 11.6. The monoisotopic (exact) mass is 315 g/mol. The lowest BCUT2D eigenvalue weighted by Crippen LogP contribution is -2.25. The van der Waals surface area contributed by atoms with Gasteiger partial charge in [-0.3, -0.25) is 4.79 Å². The predicted octanol–water partition coefficient (Wildman–Crippen LogP) is 5.07. The van der Waals surface area contributed by atoms with Crippen LogP contribution >= 0.6 is 0 Å². The van der Waals surface area contributed by atoms with Gasteiger partial charge in [0.1, 0.15) is 0 Å². The number of hydrogen-bond acceptors (Lipinski definition) is 2. The highest BCUT2D eigenvalue weighted by Crippen LogP contribution is 2.28. The number of rotatable bonds is 4. The van der Waals surface area contributed by atoms with E-state index in [1.165, 1.54) is 0 Å². The Morgan fingerprint density at radius 3 is 2.21 bits per heavy atom. The molecule has 120 valence electrons. The standard InChI is InChI=1S/C22H21NO/c1-17(2)23-14-13-18(15-21(23)19-9-5-3-6-10-19)16-22(24)20-11-7-4-8-12-20/h3-17H,1-2H3/b18-16-. The first kappa shape index (κ1) is 16.0. The van der Waals surface area contributed by atoms with Crippen LogP contribution in [0.15, 0.2) is 90.7 Å². The second-order valence-corrected chi connectivity index (χ2v) is 6.09. The molecule has 0 unspecified atom stereocenters. The van der Waals surface area contributed by atoms with Crippen LogP contribution in [0, 0.1) is 0 Å². The van der Waals surface area contributed by atoms with Gasteiger partial charge in [0.05, 0.1) is 0 Å². The summed E-state index contributed by atoms with van der Waals surface area (Å²) >= 11 is 0. The average molecular weight is 315 g/mol. The van der Waals surface area contributed by atoms with E-state index in [4.69, 9.17) is 0 Å². The Labute approximate surface area is 143 Å². The van der Waals surface area contributed by atoms with Crippen molar-refractivity contribution in [3.8, 4) is 0 Å². The van der Waals surface area contributed by atoms with Gasteiger partial charge in [-0.15, -0.1) is 0 Å². The zero-order valence-corrected chi connectivity index (χ0v) is 14.0. The SMILES string of the molecule is CC(C)N1C=C/C(=C/C(=O)c2ccccc2)C=C1c1ccccc1. The van der Waals surface area contributed by atoms with E-state index in [2.05, 4.69) is 43.2 Å². The molecule has 0 N–H and O–H groups in total. The molecule has 0 aliphatic carbocycles. The molecule has 0 aromatic heterocycles. The number of allylic oxidation sites excluding steroid dienone is 4. The minimum absolute atomic E-state index is 0.0249. The van der Waals surface area contributed by atoms with Crippen LogP contribution in [0.1, 0.15) is 29.8 Å². The molecule has 24 heavy (non-hydrogen) atoms. The molecule has 0 spiro atoms. The first-order valence-electron chi connectivity index (χ1n) is 8.20. The van der Waals surface area contributed by atoms with Crippen LogP contribution in [0.2, 0.25) is 0 Å². The summed E-state index contributed by atoms with van der Waals surface area (Å²) in [6.45, 7) is 4.32. The molecule has 2 nitrogen and oxygen atoms in total. The molecule has 0 atom stereocenters. The van der Waals surface area contributed by atoms with E-state index < -0.39 is 0 Å². The highest BCUT2D eigenvalue weighted by molar-refractivity contribution is 6.05. The van der Waals surface area contributed by atoms with E-state index in [0.717, 1.165) is 16.8 Å². The van der Waals surface area contributed by atoms with E-state index in [-0.39, 0.29) is 5.78 Å². The van der Waals surface area contributed by atoms with E-state index >= 15 is 0 Å². The number of hydrogen-bond donors (Lipinski definition) is 0. The van der Waals surface area contributed by atoms with Gasteiger partial charge in [-0.1, -0.05) is 60.7 Å². The molecule has 1 aliphatic heterocycles. The Hall–Kier alpha value is -2.87. The minimum Gasteiger partial charge on any atom is -0.345 e. The Bertz CT molecular complexity index is 798. The maximum Gasteiger partial charge on any atom is 0.186 e. The third-order valence-corrected chi connectivity index (χ3v) is 3.99. The molecular weight excluding hydrogens is 294 g/mol. The van der Waals surface area contributed by atoms with Crippen molar-refractivity contribution in [1.82, 2.24) is 4.90 Å². The summed E-state index contributed by atoms with van der Waals surface area (Å²) in [4.78, 5) is 14.6. The minimum atomic E-state index is 0.0249. The third kappa shape index (κ3) is 3.54. The highest BCUT2D eigenvalue weighted by Gasteiger charge is 2.16. The number of carbonyl (C=O) groups is 1. The summed E-state index contributed by atoms with van der Waals surface area (Å²) < 4.78 is 0. The average Bonchev–Trinajstić information content (AvgIpc) is 2.63. The maximum atomic E-state index is 12.4. The molecule has 0 radical (unpaired) electrons. The van der Waals surface area contributed by atoms with Crippen LogP contribution < -0.4 is 0 Å². The maximum absolute atomic E-state index is 12.4. The summed E-state index contributed by atoms with van der Waals surface area (Å²) in [6, 6.07) is 20.0. The molecule has 2 aromatic carbocycles. The van der Waals surface area contributed by atoms with Crippen LogP contribution in [-0.2, 0) is 0 Å². The predicted molar refractivity (Wildman–Crippen MR) is 99.4 cm³/mol. The second-order valence-electron chi connectivity index (χ2n) is 6.09. The molecule has 0 bridgehead atoms. The number of carbonyl (C=O) groups excluding carboxylic acids is 1.